The van der Waals surface area contributed by atoms with Crippen molar-refractivity contribution in [3.63, 3.8) is 0 Å². The molecule has 0 aromatic heterocycles. The Kier molecular flexibility index (Phi) is 5.63. The van der Waals surface area contributed by atoms with Gasteiger partial charge in [0.25, 0.3) is 5.54 Å². The first-order valence-corrected chi connectivity index (χ1v) is 6.60. The van der Waals surface area contributed by atoms with Gasteiger partial charge in [-0.3, -0.25) is 10.1 Å². The Morgan fingerprint density at radius 3 is 1.24 bits per heavy atom. The molecule has 11 heteroatoms. The first-order valence-electron chi connectivity index (χ1n) is 6.60. The van der Waals surface area contributed by atoms with Crippen LogP contribution in [0, 0.1) is 10.1 Å². The van der Waals surface area contributed by atoms with Crippen LogP contribution in [0.4, 0.5) is 0 Å². The van der Waals surface area contributed by atoms with E-state index >= 15 is 0 Å². The van der Waals surface area contributed by atoms with E-state index < -0.39 is 56.6 Å². The fourth-order valence-electron chi connectivity index (χ4n) is 2.46. The zero-order valence-corrected chi connectivity index (χ0v) is 14.0. The smallest absolute Gasteiger partial charge is 0.342 e. The molecule has 0 spiro atoms. The first-order chi connectivity index (χ1) is 11.6. The van der Waals surface area contributed by atoms with Gasteiger partial charge in [0, 0.05) is 11.8 Å². The summed E-state index contributed by atoms with van der Waals surface area (Å²) in [6.07, 6.45) is 0. The van der Waals surface area contributed by atoms with E-state index in [9.17, 15) is 29.3 Å². The highest BCUT2D eigenvalue weighted by Crippen LogP contribution is 2.44. The van der Waals surface area contributed by atoms with Gasteiger partial charge in [-0.25, -0.2) is 19.2 Å². The number of carbonyl (C=O) groups is 4. The van der Waals surface area contributed by atoms with Gasteiger partial charge in [-0.15, -0.1) is 0 Å². The summed E-state index contributed by atoms with van der Waals surface area (Å²) in [7, 11) is 3.69. The summed E-state index contributed by atoms with van der Waals surface area (Å²) in [5, 5.41) is 11.7. The lowest BCUT2D eigenvalue weighted by molar-refractivity contribution is -0.539. The molecular formula is C14H15NO10. The molecule has 0 aromatic rings. The van der Waals surface area contributed by atoms with Gasteiger partial charge in [0.2, 0.25) is 0 Å². The third-order valence-electron chi connectivity index (χ3n) is 3.65. The zero-order valence-electron chi connectivity index (χ0n) is 14.0. The molecule has 0 bridgehead atoms. The zero-order chi connectivity index (χ0) is 19.5. The van der Waals surface area contributed by atoms with E-state index in [1.807, 2.05) is 0 Å². The van der Waals surface area contributed by atoms with Gasteiger partial charge in [-0.1, -0.05) is 0 Å². The summed E-state index contributed by atoms with van der Waals surface area (Å²) < 4.78 is 18.0. The van der Waals surface area contributed by atoms with Crippen molar-refractivity contribution in [1.29, 1.82) is 0 Å². The monoisotopic (exact) mass is 357 g/mol. The molecule has 0 fully saturated rings. The van der Waals surface area contributed by atoms with Crippen LogP contribution in [0.5, 0.6) is 0 Å². The Morgan fingerprint density at radius 1 is 0.760 bits per heavy atom. The molecular weight excluding hydrogens is 342 g/mol. The Labute approximate surface area is 141 Å². The van der Waals surface area contributed by atoms with E-state index in [1.54, 1.807) is 0 Å². The molecule has 11 nitrogen and oxygen atoms in total. The molecule has 136 valence electrons. The lowest BCUT2D eigenvalue weighted by Crippen LogP contribution is -2.43. The predicted octanol–water partition coefficient (Wildman–Crippen LogP) is -0.679. The molecule has 1 aliphatic carbocycles. The highest BCUT2D eigenvalue weighted by atomic mass is 16.6. The van der Waals surface area contributed by atoms with E-state index in [2.05, 4.69) is 18.9 Å². The minimum absolute atomic E-state index is 0.791. The Morgan fingerprint density at radius 2 is 1.04 bits per heavy atom. The number of nitro groups is 1. The molecule has 0 N–H and O–H groups in total. The van der Waals surface area contributed by atoms with E-state index in [4.69, 9.17) is 0 Å². The molecule has 1 aliphatic rings. The van der Waals surface area contributed by atoms with Crippen LogP contribution >= 0.6 is 0 Å². The number of ether oxygens (including phenoxy) is 4. The van der Waals surface area contributed by atoms with Crippen LogP contribution in [0.15, 0.2) is 22.3 Å². The normalized spacial score (nSPS) is 15.6. The molecule has 0 saturated heterocycles. The maximum Gasteiger partial charge on any atom is 0.342 e. The molecule has 0 aliphatic heterocycles. The van der Waals surface area contributed by atoms with Crippen LogP contribution in [-0.2, 0) is 38.1 Å². The molecule has 0 heterocycles. The maximum atomic E-state index is 12.2. The van der Waals surface area contributed by atoms with Crippen molar-refractivity contribution < 1.29 is 43.0 Å². The van der Waals surface area contributed by atoms with Crippen LogP contribution in [0.25, 0.3) is 0 Å². The SMILES string of the molecule is COC(=O)C1=C(C(=O)OC)C(C)([N+](=O)[O-])C(C(=O)OC)=C1C(=O)OC. The summed E-state index contributed by atoms with van der Waals surface area (Å²) in [6.45, 7) is 0.865. The number of esters is 4. The fourth-order valence-corrected chi connectivity index (χ4v) is 2.46. The number of hydrogen-bond acceptors (Lipinski definition) is 10. The molecule has 0 radical (unpaired) electrons. The summed E-state index contributed by atoms with van der Waals surface area (Å²) in [5.74, 6) is -5.10. The van der Waals surface area contributed by atoms with E-state index in [0.29, 0.717) is 0 Å². The van der Waals surface area contributed by atoms with Crippen LogP contribution in [0.2, 0.25) is 0 Å². The van der Waals surface area contributed by atoms with Gasteiger partial charge in [0.15, 0.2) is 0 Å². The first kappa shape index (κ1) is 19.8. The molecule has 25 heavy (non-hydrogen) atoms. The Bertz CT molecular complexity index is 678. The number of methoxy groups -OCH3 is 4. The summed E-state index contributed by atoms with van der Waals surface area (Å²) >= 11 is 0. The van der Waals surface area contributed by atoms with Crippen molar-refractivity contribution in [3.8, 4) is 0 Å². The van der Waals surface area contributed by atoms with Crippen LogP contribution in [0.3, 0.4) is 0 Å². The molecule has 0 saturated carbocycles. The van der Waals surface area contributed by atoms with Crippen LogP contribution < -0.4 is 0 Å². The van der Waals surface area contributed by atoms with E-state index in [0.717, 1.165) is 35.4 Å². The fraction of sp³-hybridized carbons (Fsp3) is 0.429. The van der Waals surface area contributed by atoms with Gasteiger partial charge in [-0.2, -0.15) is 0 Å². The van der Waals surface area contributed by atoms with Gasteiger partial charge in [0.05, 0.1) is 39.6 Å². The van der Waals surface area contributed by atoms with Crippen molar-refractivity contribution >= 4 is 23.9 Å². The Balaban J connectivity index is 4.09. The number of rotatable bonds is 5. The minimum Gasteiger partial charge on any atom is -0.465 e. The topological polar surface area (TPSA) is 148 Å². The number of hydrogen-bond donors (Lipinski definition) is 0. The molecule has 0 aromatic carbocycles. The number of carbonyl (C=O) groups excluding carboxylic acids is 4. The average Bonchev–Trinajstić information content (AvgIpc) is 2.89. The lowest BCUT2D eigenvalue weighted by atomic mass is 9.87. The van der Waals surface area contributed by atoms with Crippen molar-refractivity contribution in [1.82, 2.24) is 0 Å². The van der Waals surface area contributed by atoms with Crippen molar-refractivity contribution in [2.75, 3.05) is 28.4 Å². The number of nitrogens with zero attached hydrogens (tertiary/aromatic N) is 1. The van der Waals surface area contributed by atoms with Gasteiger partial charge >= 0.3 is 23.9 Å². The van der Waals surface area contributed by atoms with E-state index in [1.165, 1.54) is 0 Å². The minimum atomic E-state index is -2.59. The van der Waals surface area contributed by atoms with Crippen molar-refractivity contribution in [3.05, 3.63) is 32.4 Å². The molecule has 0 amide bonds. The van der Waals surface area contributed by atoms with E-state index in [-0.39, 0.29) is 0 Å². The van der Waals surface area contributed by atoms with Gasteiger partial charge < -0.3 is 18.9 Å². The second-order valence-corrected chi connectivity index (χ2v) is 4.80. The molecule has 0 atom stereocenters. The third-order valence-corrected chi connectivity index (χ3v) is 3.65. The highest BCUT2D eigenvalue weighted by Gasteiger charge is 2.63. The summed E-state index contributed by atoms with van der Waals surface area (Å²) in [5.41, 5.74) is -5.85. The van der Waals surface area contributed by atoms with Crippen molar-refractivity contribution in [2.24, 2.45) is 0 Å². The van der Waals surface area contributed by atoms with Crippen LogP contribution in [0.1, 0.15) is 6.92 Å². The van der Waals surface area contributed by atoms with Gasteiger partial charge in [0.1, 0.15) is 11.1 Å². The Hall–Kier alpha value is -3.24. The maximum absolute atomic E-state index is 12.2. The largest absolute Gasteiger partial charge is 0.465 e. The average molecular weight is 357 g/mol. The lowest BCUT2D eigenvalue weighted by Gasteiger charge is -2.20. The third kappa shape index (κ3) is 2.84. The second kappa shape index (κ2) is 7.11. The predicted molar refractivity (Wildman–Crippen MR) is 77.5 cm³/mol. The second-order valence-electron chi connectivity index (χ2n) is 4.80. The quantitative estimate of drug-likeness (QED) is 0.268. The molecule has 1 rings (SSSR count). The van der Waals surface area contributed by atoms with Crippen molar-refractivity contribution in [2.45, 2.75) is 12.5 Å². The summed E-state index contributed by atoms with van der Waals surface area (Å²) in [6, 6.07) is 0. The van der Waals surface area contributed by atoms with Gasteiger partial charge in [-0.05, 0) is 0 Å². The molecule has 0 unspecified atom stereocenters. The summed E-state index contributed by atoms with van der Waals surface area (Å²) in [4.78, 5) is 59.3. The highest BCUT2D eigenvalue weighted by molar-refractivity contribution is 6.20. The standard InChI is InChI=1S/C14H15NO10/c1-14(15(20)21)8(12(18)24-4)6(10(16)22-2)7(11(17)23-3)9(14)13(19)25-5/h1-5H3. The van der Waals surface area contributed by atoms with Crippen LogP contribution in [-0.4, -0.2) is 62.8 Å².